The van der Waals surface area contributed by atoms with Crippen LogP contribution in [0.3, 0.4) is 0 Å². The second-order valence-corrected chi connectivity index (χ2v) is 4.16. The molecule has 0 spiro atoms. The van der Waals surface area contributed by atoms with Gasteiger partial charge in [-0.25, -0.2) is 0 Å². The highest BCUT2D eigenvalue weighted by Crippen LogP contribution is 2.23. The van der Waals surface area contributed by atoms with Gasteiger partial charge in [0.2, 0.25) is 5.91 Å². The maximum absolute atomic E-state index is 11.7. The Balaban J connectivity index is 0.00000289. The van der Waals surface area contributed by atoms with Crippen molar-refractivity contribution in [2.75, 3.05) is 19.8 Å². The fourth-order valence-corrected chi connectivity index (χ4v) is 1.88. The summed E-state index contributed by atoms with van der Waals surface area (Å²) in [6.07, 6.45) is -1.83. The van der Waals surface area contributed by atoms with Gasteiger partial charge < -0.3 is 15.8 Å². The average Bonchev–Trinajstić information content (AvgIpc) is 2.62. The maximum Gasteiger partial charge on any atom is 0.411 e. The summed E-state index contributed by atoms with van der Waals surface area (Å²) in [5, 5.41) is 2.53. The van der Waals surface area contributed by atoms with E-state index < -0.39 is 12.8 Å². The van der Waals surface area contributed by atoms with Crippen LogP contribution in [0.2, 0.25) is 0 Å². The minimum atomic E-state index is -4.32. The summed E-state index contributed by atoms with van der Waals surface area (Å²) in [4.78, 5) is 11.5. The van der Waals surface area contributed by atoms with Gasteiger partial charge in [-0.15, -0.1) is 12.4 Å². The molecule has 3 N–H and O–H groups in total. The van der Waals surface area contributed by atoms with Crippen molar-refractivity contribution < 1.29 is 22.7 Å². The Kier molecular flexibility index (Phi) is 7.58. The molecule has 1 amide bonds. The molecule has 2 unspecified atom stereocenters. The van der Waals surface area contributed by atoms with Gasteiger partial charge in [-0.3, -0.25) is 4.79 Å². The van der Waals surface area contributed by atoms with Crippen molar-refractivity contribution in [3.8, 4) is 0 Å². The molecule has 18 heavy (non-hydrogen) atoms. The van der Waals surface area contributed by atoms with Gasteiger partial charge in [0.15, 0.2) is 0 Å². The molecular formula is C10H18ClF3N2O2. The van der Waals surface area contributed by atoms with Crippen LogP contribution in [0.4, 0.5) is 13.2 Å². The van der Waals surface area contributed by atoms with Crippen LogP contribution in [0, 0.1) is 5.92 Å². The van der Waals surface area contributed by atoms with Crippen LogP contribution in [0.15, 0.2) is 0 Å². The van der Waals surface area contributed by atoms with Crippen LogP contribution >= 0.6 is 12.4 Å². The fourth-order valence-electron chi connectivity index (χ4n) is 1.88. The van der Waals surface area contributed by atoms with Crippen LogP contribution in [0.5, 0.6) is 0 Å². The first kappa shape index (κ1) is 17.5. The van der Waals surface area contributed by atoms with Gasteiger partial charge >= 0.3 is 6.18 Å². The van der Waals surface area contributed by atoms with Gasteiger partial charge in [0, 0.05) is 12.6 Å². The summed E-state index contributed by atoms with van der Waals surface area (Å²) in [7, 11) is 0. The number of nitrogens with one attached hydrogen (secondary N) is 1. The van der Waals surface area contributed by atoms with Gasteiger partial charge in [-0.05, 0) is 12.8 Å². The Morgan fingerprint density at radius 1 is 1.39 bits per heavy atom. The largest absolute Gasteiger partial charge is 0.411 e. The molecule has 1 fully saturated rings. The lowest BCUT2D eigenvalue weighted by atomic mass is 10.0. The molecule has 0 aromatic carbocycles. The second kappa shape index (κ2) is 7.81. The molecular weight excluding hydrogens is 273 g/mol. The predicted octanol–water partition coefficient (Wildman–Crippen LogP) is 1.23. The summed E-state index contributed by atoms with van der Waals surface area (Å²) in [6, 6.07) is -0.133. The Morgan fingerprint density at radius 3 is 2.56 bits per heavy atom. The molecule has 0 aliphatic heterocycles. The van der Waals surface area contributed by atoms with Crippen molar-refractivity contribution in [3.63, 3.8) is 0 Å². The molecule has 1 aliphatic rings. The number of alkyl halides is 3. The first-order valence-corrected chi connectivity index (χ1v) is 5.58. The zero-order valence-corrected chi connectivity index (χ0v) is 10.6. The standard InChI is InChI=1S/C10H17F3N2O2.ClH/c11-10(12,13)6-17-5-4-15-9(16)7-2-1-3-8(7)14;/h7-8H,1-6,14H2,(H,15,16);1H. The van der Waals surface area contributed by atoms with E-state index in [9.17, 15) is 18.0 Å². The smallest absolute Gasteiger partial charge is 0.370 e. The van der Waals surface area contributed by atoms with E-state index in [2.05, 4.69) is 10.1 Å². The van der Waals surface area contributed by atoms with E-state index in [0.717, 1.165) is 19.3 Å². The number of carbonyl (C=O) groups is 1. The van der Waals surface area contributed by atoms with Crippen LogP contribution < -0.4 is 11.1 Å². The first-order chi connectivity index (χ1) is 7.90. The third-order valence-corrected chi connectivity index (χ3v) is 2.72. The molecule has 0 bridgehead atoms. The number of carbonyl (C=O) groups excluding carboxylic acids is 1. The van der Waals surface area contributed by atoms with Crippen LogP contribution in [-0.2, 0) is 9.53 Å². The van der Waals surface area contributed by atoms with Crippen molar-refractivity contribution in [2.24, 2.45) is 11.7 Å². The quantitative estimate of drug-likeness (QED) is 0.749. The highest BCUT2D eigenvalue weighted by Gasteiger charge is 2.30. The fraction of sp³-hybridized carbons (Fsp3) is 0.900. The van der Waals surface area contributed by atoms with E-state index in [1.807, 2.05) is 0 Å². The number of nitrogens with two attached hydrogens (primary N) is 1. The molecule has 1 saturated carbocycles. The molecule has 0 aromatic rings. The molecule has 0 aromatic heterocycles. The van der Waals surface area contributed by atoms with E-state index in [1.165, 1.54) is 0 Å². The number of ether oxygens (including phenoxy) is 1. The van der Waals surface area contributed by atoms with Crippen LogP contribution in [-0.4, -0.2) is 37.9 Å². The monoisotopic (exact) mass is 290 g/mol. The summed E-state index contributed by atoms with van der Waals surface area (Å²) < 4.78 is 39.5. The van der Waals surface area contributed by atoms with Crippen molar-refractivity contribution in [2.45, 2.75) is 31.5 Å². The molecule has 0 saturated heterocycles. The van der Waals surface area contributed by atoms with Crippen LogP contribution in [0.1, 0.15) is 19.3 Å². The first-order valence-electron chi connectivity index (χ1n) is 5.58. The maximum atomic E-state index is 11.7. The Bertz CT molecular complexity index is 264. The number of hydrogen-bond acceptors (Lipinski definition) is 3. The molecule has 0 radical (unpaired) electrons. The van der Waals surface area contributed by atoms with Gasteiger partial charge in [-0.2, -0.15) is 13.2 Å². The lowest BCUT2D eigenvalue weighted by Crippen LogP contribution is -2.40. The lowest BCUT2D eigenvalue weighted by molar-refractivity contribution is -0.173. The predicted molar refractivity (Wildman–Crippen MR) is 62.4 cm³/mol. The van der Waals surface area contributed by atoms with E-state index >= 15 is 0 Å². The van der Waals surface area contributed by atoms with Crippen molar-refractivity contribution in [1.82, 2.24) is 5.32 Å². The van der Waals surface area contributed by atoms with E-state index in [1.54, 1.807) is 0 Å². The third kappa shape index (κ3) is 6.42. The molecule has 108 valence electrons. The lowest BCUT2D eigenvalue weighted by Gasteiger charge is -2.15. The molecule has 8 heteroatoms. The summed E-state index contributed by atoms with van der Waals surface area (Å²) >= 11 is 0. The molecule has 1 aliphatic carbocycles. The number of halogens is 4. The summed E-state index contributed by atoms with van der Waals surface area (Å²) in [5.74, 6) is -0.400. The van der Waals surface area contributed by atoms with E-state index in [-0.39, 0.29) is 43.4 Å². The molecule has 4 nitrogen and oxygen atoms in total. The topological polar surface area (TPSA) is 64.4 Å². The van der Waals surface area contributed by atoms with Crippen molar-refractivity contribution in [3.05, 3.63) is 0 Å². The van der Waals surface area contributed by atoms with Gasteiger partial charge in [0.1, 0.15) is 6.61 Å². The highest BCUT2D eigenvalue weighted by molar-refractivity contribution is 5.85. The Morgan fingerprint density at radius 2 is 2.06 bits per heavy atom. The van der Waals surface area contributed by atoms with Gasteiger partial charge in [-0.1, -0.05) is 6.42 Å². The molecule has 2 atom stereocenters. The zero-order valence-electron chi connectivity index (χ0n) is 9.83. The second-order valence-electron chi connectivity index (χ2n) is 4.16. The average molecular weight is 291 g/mol. The van der Waals surface area contributed by atoms with E-state index in [4.69, 9.17) is 5.73 Å². The van der Waals surface area contributed by atoms with Crippen molar-refractivity contribution in [1.29, 1.82) is 0 Å². The Labute approximate surface area is 110 Å². The molecule has 0 heterocycles. The number of hydrogen-bond donors (Lipinski definition) is 2. The third-order valence-electron chi connectivity index (χ3n) is 2.72. The number of amides is 1. The Hall–Kier alpha value is -0.530. The summed E-state index contributed by atoms with van der Waals surface area (Å²) in [6.45, 7) is -1.35. The highest BCUT2D eigenvalue weighted by atomic mass is 35.5. The minimum absolute atomic E-state index is 0. The van der Waals surface area contributed by atoms with Crippen LogP contribution in [0.25, 0.3) is 0 Å². The minimum Gasteiger partial charge on any atom is -0.370 e. The SMILES string of the molecule is Cl.NC1CCCC1C(=O)NCCOCC(F)(F)F. The van der Waals surface area contributed by atoms with E-state index in [0.29, 0.717) is 0 Å². The van der Waals surface area contributed by atoms with Gasteiger partial charge in [0.25, 0.3) is 0 Å². The number of rotatable bonds is 5. The van der Waals surface area contributed by atoms with Gasteiger partial charge in [0.05, 0.1) is 12.5 Å². The normalized spacial score (nSPS) is 23.6. The van der Waals surface area contributed by atoms with Crippen molar-refractivity contribution >= 4 is 18.3 Å². The molecule has 1 rings (SSSR count). The summed E-state index contributed by atoms with van der Waals surface area (Å²) in [5.41, 5.74) is 5.73. The zero-order chi connectivity index (χ0) is 12.9.